The largest absolute Gasteiger partial charge is 0.480 e. The molecule has 0 aromatic heterocycles. The highest BCUT2D eigenvalue weighted by Crippen LogP contribution is 2.07. The van der Waals surface area contributed by atoms with Crippen LogP contribution in [0.25, 0.3) is 0 Å². The highest BCUT2D eigenvalue weighted by atomic mass is 32.1. The summed E-state index contributed by atoms with van der Waals surface area (Å²) in [6.45, 7) is 8.25. The second kappa shape index (κ2) is 11.0. The number of amides is 3. The molecule has 0 aliphatic heterocycles. The second-order valence-corrected chi connectivity index (χ2v) is 7.18. The van der Waals surface area contributed by atoms with Gasteiger partial charge in [-0.05, 0) is 18.8 Å². The smallest absolute Gasteiger partial charge is 0.325 e. The Kier molecular flexibility index (Phi) is 10.3. The third-order valence-corrected chi connectivity index (χ3v) is 4.15. The Bertz CT molecular complexity index is 527. The lowest BCUT2D eigenvalue weighted by Gasteiger charge is -2.28. The molecule has 0 aromatic rings. The average molecular weight is 391 g/mol. The van der Waals surface area contributed by atoms with E-state index < -0.39 is 47.9 Å². The first-order chi connectivity index (χ1) is 11.9. The van der Waals surface area contributed by atoms with Gasteiger partial charge in [0.05, 0.1) is 6.04 Å². The molecular weight excluding hydrogens is 360 g/mol. The van der Waals surface area contributed by atoms with E-state index in [2.05, 4.69) is 28.6 Å². The maximum atomic E-state index is 12.6. The quantitative estimate of drug-likeness (QED) is 0.266. The van der Waals surface area contributed by atoms with Crippen LogP contribution in [-0.4, -0.2) is 58.7 Å². The van der Waals surface area contributed by atoms with E-state index in [1.54, 1.807) is 27.7 Å². The predicted molar refractivity (Wildman–Crippen MR) is 101 cm³/mol. The molecule has 0 aliphatic carbocycles. The van der Waals surface area contributed by atoms with Crippen molar-refractivity contribution in [3.63, 3.8) is 0 Å². The molecule has 3 amide bonds. The molecule has 0 saturated carbocycles. The maximum absolute atomic E-state index is 12.6. The number of hydrogen-bond acceptors (Lipinski definition) is 6. The summed E-state index contributed by atoms with van der Waals surface area (Å²) in [5.41, 5.74) is 5.61. The minimum Gasteiger partial charge on any atom is -0.480 e. The van der Waals surface area contributed by atoms with Crippen LogP contribution in [0, 0.1) is 11.8 Å². The predicted octanol–water partition coefficient (Wildman–Crippen LogP) is -0.886. The summed E-state index contributed by atoms with van der Waals surface area (Å²) in [6, 6.07) is -3.77. The standard InChI is InChI=1S/C16H30N4O5S/c1-7(2)11(14(22)18-9(5)16(24)25)20-15(23)12(8(3)4)19-13(21)10(17)6-26/h7-12,26H,6,17H2,1-5H3,(H,18,22)(H,19,21)(H,20,23)(H,24,25). The number of carbonyl (C=O) groups excluding carboxylic acids is 3. The molecular formula is C16H30N4O5S. The summed E-state index contributed by atoms with van der Waals surface area (Å²) in [4.78, 5) is 47.7. The molecule has 0 aromatic carbocycles. The minimum absolute atomic E-state index is 0.127. The molecule has 26 heavy (non-hydrogen) atoms. The van der Waals surface area contributed by atoms with Crippen molar-refractivity contribution in [2.45, 2.75) is 58.8 Å². The first kappa shape index (κ1) is 24.2. The van der Waals surface area contributed by atoms with Crippen molar-refractivity contribution in [1.82, 2.24) is 16.0 Å². The zero-order valence-corrected chi connectivity index (χ0v) is 16.7. The highest BCUT2D eigenvalue weighted by Gasteiger charge is 2.32. The Labute approximate surface area is 159 Å². The molecule has 9 nitrogen and oxygen atoms in total. The van der Waals surface area contributed by atoms with Crippen molar-refractivity contribution in [3.8, 4) is 0 Å². The van der Waals surface area contributed by atoms with Gasteiger partial charge in [-0.2, -0.15) is 12.6 Å². The molecule has 0 saturated heterocycles. The molecule has 0 aliphatic rings. The zero-order chi connectivity index (χ0) is 20.6. The molecule has 10 heteroatoms. The third kappa shape index (κ3) is 7.61. The van der Waals surface area contributed by atoms with E-state index in [0.29, 0.717) is 0 Å². The molecule has 4 atom stereocenters. The normalized spacial score (nSPS) is 15.7. The van der Waals surface area contributed by atoms with E-state index in [1.807, 2.05) is 0 Å². The monoisotopic (exact) mass is 390 g/mol. The number of carboxylic acids is 1. The summed E-state index contributed by atoms with van der Waals surface area (Å²) in [5.74, 6) is -3.26. The average Bonchev–Trinajstić information content (AvgIpc) is 2.55. The molecule has 150 valence electrons. The Morgan fingerprint density at radius 2 is 1.23 bits per heavy atom. The van der Waals surface area contributed by atoms with Crippen molar-refractivity contribution in [2.75, 3.05) is 5.75 Å². The SMILES string of the molecule is CC(NC(=O)C(NC(=O)C(NC(=O)C(N)CS)C(C)C)C(C)C)C(=O)O. The molecule has 0 rings (SSSR count). The summed E-state index contributed by atoms with van der Waals surface area (Å²) >= 11 is 3.95. The lowest BCUT2D eigenvalue weighted by Crippen LogP contribution is -2.59. The number of carbonyl (C=O) groups is 4. The fourth-order valence-electron chi connectivity index (χ4n) is 2.02. The van der Waals surface area contributed by atoms with Gasteiger partial charge in [-0.1, -0.05) is 27.7 Å². The number of hydrogen-bond donors (Lipinski definition) is 6. The lowest BCUT2D eigenvalue weighted by molar-refractivity contribution is -0.142. The van der Waals surface area contributed by atoms with Crippen LogP contribution in [0.1, 0.15) is 34.6 Å². The van der Waals surface area contributed by atoms with E-state index in [-0.39, 0.29) is 17.6 Å². The van der Waals surface area contributed by atoms with E-state index in [1.165, 1.54) is 6.92 Å². The Balaban J connectivity index is 5.17. The van der Waals surface area contributed by atoms with Gasteiger partial charge in [-0.25, -0.2) is 0 Å². The van der Waals surface area contributed by atoms with Gasteiger partial charge in [0.25, 0.3) is 0 Å². The maximum Gasteiger partial charge on any atom is 0.325 e. The molecule has 0 bridgehead atoms. The fraction of sp³-hybridized carbons (Fsp3) is 0.750. The lowest BCUT2D eigenvalue weighted by atomic mass is 9.99. The van der Waals surface area contributed by atoms with Gasteiger partial charge >= 0.3 is 5.97 Å². The summed E-state index contributed by atoms with van der Waals surface area (Å²) in [5, 5.41) is 16.4. The van der Waals surface area contributed by atoms with Crippen LogP contribution in [0.3, 0.4) is 0 Å². The topological polar surface area (TPSA) is 151 Å². The molecule has 0 spiro atoms. The van der Waals surface area contributed by atoms with Crippen LogP contribution < -0.4 is 21.7 Å². The van der Waals surface area contributed by atoms with E-state index in [0.717, 1.165) is 0 Å². The van der Waals surface area contributed by atoms with Crippen LogP contribution >= 0.6 is 12.6 Å². The number of carboxylic acid groups (broad SMARTS) is 1. The third-order valence-electron chi connectivity index (χ3n) is 3.76. The zero-order valence-electron chi connectivity index (χ0n) is 15.8. The number of nitrogens with one attached hydrogen (secondary N) is 3. The van der Waals surface area contributed by atoms with Gasteiger partial charge in [0.2, 0.25) is 17.7 Å². The van der Waals surface area contributed by atoms with E-state index in [4.69, 9.17) is 10.8 Å². The van der Waals surface area contributed by atoms with Crippen LogP contribution in [0.15, 0.2) is 0 Å². The number of rotatable bonds is 10. The van der Waals surface area contributed by atoms with Crippen molar-refractivity contribution in [2.24, 2.45) is 17.6 Å². The molecule has 0 heterocycles. The van der Waals surface area contributed by atoms with Crippen LogP contribution in [0.5, 0.6) is 0 Å². The summed E-state index contributed by atoms with van der Waals surface area (Å²) in [6.07, 6.45) is 0. The van der Waals surface area contributed by atoms with Gasteiger partial charge in [-0.15, -0.1) is 0 Å². The van der Waals surface area contributed by atoms with Crippen molar-refractivity contribution in [1.29, 1.82) is 0 Å². The number of aliphatic carboxylic acids is 1. The number of thiol groups is 1. The van der Waals surface area contributed by atoms with Crippen LogP contribution in [0.2, 0.25) is 0 Å². The van der Waals surface area contributed by atoms with Gasteiger partial charge in [0, 0.05) is 5.75 Å². The Hall–Kier alpha value is -1.81. The van der Waals surface area contributed by atoms with Gasteiger partial charge in [0.1, 0.15) is 18.1 Å². The molecule has 4 unspecified atom stereocenters. The van der Waals surface area contributed by atoms with Gasteiger partial charge < -0.3 is 26.8 Å². The summed E-state index contributed by atoms with van der Waals surface area (Å²) in [7, 11) is 0. The second-order valence-electron chi connectivity index (χ2n) is 6.82. The minimum atomic E-state index is -1.18. The van der Waals surface area contributed by atoms with E-state index in [9.17, 15) is 19.2 Å². The van der Waals surface area contributed by atoms with Gasteiger partial charge in [-0.3, -0.25) is 19.2 Å². The van der Waals surface area contributed by atoms with E-state index >= 15 is 0 Å². The van der Waals surface area contributed by atoms with Crippen molar-refractivity contribution >= 4 is 36.3 Å². The first-order valence-corrected chi connectivity index (χ1v) is 9.05. The molecule has 6 N–H and O–H groups in total. The van der Waals surface area contributed by atoms with Crippen molar-refractivity contribution in [3.05, 3.63) is 0 Å². The Morgan fingerprint density at radius 1 is 0.846 bits per heavy atom. The van der Waals surface area contributed by atoms with Gasteiger partial charge in [0.15, 0.2) is 0 Å². The van der Waals surface area contributed by atoms with Crippen LogP contribution in [0.4, 0.5) is 0 Å². The highest BCUT2D eigenvalue weighted by molar-refractivity contribution is 7.80. The molecule has 0 radical (unpaired) electrons. The number of nitrogens with two attached hydrogens (primary N) is 1. The fourth-order valence-corrected chi connectivity index (χ4v) is 2.19. The summed E-state index contributed by atoms with van der Waals surface area (Å²) < 4.78 is 0. The Morgan fingerprint density at radius 3 is 1.58 bits per heavy atom. The van der Waals surface area contributed by atoms with Crippen LogP contribution in [-0.2, 0) is 19.2 Å². The van der Waals surface area contributed by atoms with Crippen molar-refractivity contribution < 1.29 is 24.3 Å². The molecule has 0 fully saturated rings. The first-order valence-electron chi connectivity index (χ1n) is 8.42.